The number of allylic oxidation sites excluding steroid dienone is 2. The molecule has 1 amide bonds. The Hall–Kier alpha value is -0.790. The fraction of sp³-hybridized carbons (Fsp3) is 0.921. The molecule has 0 saturated carbocycles. The fourth-order valence-electron chi connectivity index (χ4n) is 5.70. The van der Waals surface area contributed by atoms with Crippen molar-refractivity contribution in [3.63, 3.8) is 0 Å². The van der Waals surface area contributed by atoms with Crippen molar-refractivity contribution in [3.05, 3.63) is 12.2 Å². The van der Waals surface area contributed by atoms with Crippen LogP contribution in [0.1, 0.15) is 219 Å². The van der Waals surface area contributed by atoms with Crippen molar-refractivity contribution in [1.29, 1.82) is 0 Å². The molecule has 0 aromatic rings. The SMILES string of the molecule is CCCCCCCC/C=C\CCCCCCCCCCCC(=O)NCCCCCCCCCCCCCCCC. The van der Waals surface area contributed by atoms with Crippen LogP contribution in [0.25, 0.3) is 0 Å². The first-order valence-electron chi connectivity index (χ1n) is 18.7. The predicted molar refractivity (Wildman–Crippen MR) is 181 cm³/mol. The molecule has 2 heteroatoms. The molecular formula is C38H75NO. The predicted octanol–water partition coefficient (Wildman–Crippen LogP) is 13.2. The van der Waals surface area contributed by atoms with Gasteiger partial charge >= 0.3 is 0 Å². The number of rotatable bonds is 34. The van der Waals surface area contributed by atoms with Crippen LogP contribution in [0, 0.1) is 0 Å². The molecular weight excluding hydrogens is 486 g/mol. The number of carbonyl (C=O) groups is 1. The van der Waals surface area contributed by atoms with Crippen LogP contribution >= 0.6 is 0 Å². The van der Waals surface area contributed by atoms with E-state index >= 15 is 0 Å². The summed E-state index contributed by atoms with van der Waals surface area (Å²) in [6.07, 6.45) is 47.8. The highest BCUT2D eigenvalue weighted by Crippen LogP contribution is 2.14. The van der Waals surface area contributed by atoms with Gasteiger partial charge in [-0.2, -0.15) is 0 Å². The normalized spacial score (nSPS) is 11.6. The summed E-state index contributed by atoms with van der Waals surface area (Å²) in [5.74, 6) is 0.274. The van der Waals surface area contributed by atoms with Crippen LogP contribution in [0.3, 0.4) is 0 Å². The number of nitrogens with one attached hydrogen (secondary N) is 1. The summed E-state index contributed by atoms with van der Waals surface area (Å²) in [5.41, 5.74) is 0. The smallest absolute Gasteiger partial charge is 0.219 e. The number of hydrogen-bond acceptors (Lipinski definition) is 1. The molecule has 0 aromatic carbocycles. The Balaban J connectivity index is 3.18. The molecule has 0 radical (unpaired) electrons. The highest BCUT2D eigenvalue weighted by molar-refractivity contribution is 5.75. The van der Waals surface area contributed by atoms with E-state index < -0.39 is 0 Å². The molecule has 0 unspecified atom stereocenters. The molecule has 0 aliphatic carbocycles. The van der Waals surface area contributed by atoms with E-state index in [1.165, 1.54) is 186 Å². The minimum atomic E-state index is 0.274. The molecule has 0 aliphatic rings. The van der Waals surface area contributed by atoms with Crippen molar-refractivity contribution in [2.45, 2.75) is 219 Å². The second-order valence-corrected chi connectivity index (χ2v) is 12.7. The zero-order valence-corrected chi connectivity index (χ0v) is 27.9. The summed E-state index contributed by atoms with van der Waals surface area (Å²) < 4.78 is 0. The second kappa shape index (κ2) is 36.2. The van der Waals surface area contributed by atoms with Gasteiger partial charge < -0.3 is 5.32 Å². The second-order valence-electron chi connectivity index (χ2n) is 12.7. The van der Waals surface area contributed by atoms with E-state index in [4.69, 9.17) is 0 Å². The lowest BCUT2D eigenvalue weighted by Crippen LogP contribution is -2.23. The summed E-state index contributed by atoms with van der Waals surface area (Å²) in [6.45, 7) is 5.46. The minimum Gasteiger partial charge on any atom is -0.356 e. The molecule has 0 spiro atoms. The zero-order valence-electron chi connectivity index (χ0n) is 27.9. The van der Waals surface area contributed by atoms with Crippen molar-refractivity contribution >= 4 is 5.91 Å². The van der Waals surface area contributed by atoms with Gasteiger partial charge in [-0.1, -0.05) is 187 Å². The van der Waals surface area contributed by atoms with Gasteiger partial charge in [-0.15, -0.1) is 0 Å². The molecule has 1 N–H and O–H groups in total. The quantitative estimate of drug-likeness (QED) is 0.0614. The van der Waals surface area contributed by atoms with Gasteiger partial charge in [-0.25, -0.2) is 0 Å². The average molecular weight is 562 g/mol. The molecule has 0 atom stereocenters. The van der Waals surface area contributed by atoms with E-state index in [-0.39, 0.29) is 5.91 Å². The van der Waals surface area contributed by atoms with Crippen LogP contribution in [-0.2, 0) is 4.79 Å². The maximum absolute atomic E-state index is 12.0. The maximum Gasteiger partial charge on any atom is 0.219 e. The lowest BCUT2D eigenvalue weighted by Gasteiger charge is -2.06. The average Bonchev–Trinajstić information content (AvgIpc) is 2.96. The molecule has 0 bridgehead atoms. The van der Waals surface area contributed by atoms with Crippen molar-refractivity contribution in [2.75, 3.05) is 6.54 Å². The lowest BCUT2D eigenvalue weighted by atomic mass is 10.0. The highest BCUT2D eigenvalue weighted by Gasteiger charge is 2.01. The molecule has 40 heavy (non-hydrogen) atoms. The number of amides is 1. The molecule has 0 heterocycles. The Labute approximate surface area is 253 Å². The van der Waals surface area contributed by atoms with Crippen LogP contribution in [0.15, 0.2) is 12.2 Å². The first-order valence-corrected chi connectivity index (χ1v) is 18.7. The topological polar surface area (TPSA) is 29.1 Å². The Bertz CT molecular complexity index is 500. The molecule has 0 rings (SSSR count). The van der Waals surface area contributed by atoms with Gasteiger partial charge in [0.15, 0.2) is 0 Å². The van der Waals surface area contributed by atoms with Crippen LogP contribution in [-0.4, -0.2) is 12.5 Å². The molecule has 0 aromatic heterocycles. The number of hydrogen-bond donors (Lipinski definition) is 1. The monoisotopic (exact) mass is 562 g/mol. The number of carbonyl (C=O) groups excluding carboxylic acids is 1. The Kier molecular flexibility index (Phi) is 35.5. The molecule has 0 fully saturated rings. The molecule has 238 valence electrons. The van der Waals surface area contributed by atoms with Crippen LogP contribution in [0.4, 0.5) is 0 Å². The van der Waals surface area contributed by atoms with E-state index in [1.807, 2.05) is 0 Å². The van der Waals surface area contributed by atoms with E-state index in [0.717, 1.165) is 25.8 Å². The lowest BCUT2D eigenvalue weighted by molar-refractivity contribution is -0.121. The van der Waals surface area contributed by atoms with Crippen LogP contribution < -0.4 is 5.32 Å². The van der Waals surface area contributed by atoms with Gasteiger partial charge in [-0.05, 0) is 38.5 Å². The third-order valence-corrected chi connectivity index (χ3v) is 8.52. The van der Waals surface area contributed by atoms with E-state index in [9.17, 15) is 4.79 Å². The highest BCUT2D eigenvalue weighted by atomic mass is 16.1. The minimum absolute atomic E-state index is 0.274. The van der Waals surface area contributed by atoms with E-state index in [1.54, 1.807) is 0 Å². The van der Waals surface area contributed by atoms with Crippen LogP contribution in [0.5, 0.6) is 0 Å². The molecule has 0 saturated heterocycles. The number of unbranched alkanes of at least 4 members (excludes halogenated alkanes) is 28. The fourth-order valence-corrected chi connectivity index (χ4v) is 5.70. The van der Waals surface area contributed by atoms with Gasteiger partial charge in [0.2, 0.25) is 5.91 Å². The largest absolute Gasteiger partial charge is 0.356 e. The summed E-state index contributed by atoms with van der Waals surface area (Å²) in [6, 6.07) is 0. The van der Waals surface area contributed by atoms with Gasteiger partial charge in [0.1, 0.15) is 0 Å². The standard InChI is InChI=1S/C38H75NO/c1-3-5-7-9-11-13-15-17-19-20-21-22-23-24-26-28-30-32-34-36-38(40)39-37-35-33-31-29-27-25-18-16-14-12-10-8-6-4-2/h17,19H,3-16,18,20-37H2,1-2H3,(H,39,40)/b19-17-. The first kappa shape index (κ1) is 39.2. The van der Waals surface area contributed by atoms with Gasteiger partial charge in [0, 0.05) is 13.0 Å². The van der Waals surface area contributed by atoms with Crippen molar-refractivity contribution in [3.8, 4) is 0 Å². The maximum atomic E-state index is 12.0. The van der Waals surface area contributed by atoms with E-state index in [0.29, 0.717) is 0 Å². The Morgan fingerprint density at radius 3 is 1.07 bits per heavy atom. The van der Waals surface area contributed by atoms with Gasteiger partial charge in [0.05, 0.1) is 0 Å². The summed E-state index contributed by atoms with van der Waals surface area (Å²) in [7, 11) is 0. The molecule has 0 aliphatic heterocycles. The zero-order chi connectivity index (χ0) is 29.0. The van der Waals surface area contributed by atoms with Crippen molar-refractivity contribution in [1.82, 2.24) is 5.32 Å². The first-order chi connectivity index (χ1) is 19.8. The van der Waals surface area contributed by atoms with E-state index in [2.05, 4.69) is 31.3 Å². The third kappa shape index (κ3) is 35.2. The van der Waals surface area contributed by atoms with Crippen LogP contribution in [0.2, 0.25) is 0 Å². The molecule has 2 nitrogen and oxygen atoms in total. The summed E-state index contributed by atoms with van der Waals surface area (Å²) >= 11 is 0. The summed E-state index contributed by atoms with van der Waals surface area (Å²) in [5, 5.41) is 3.14. The van der Waals surface area contributed by atoms with Gasteiger partial charge in [0.25, 0.3) is 0 Å². The third-order valence-electron chi connectivity index (χ3n) is 8.52. The Morgan fingerprint density at radius 2 is 0.700 bits per heavy atom. The summed E-state index contributed by atoms with van der Waals surface area (Å²) in [4.78, 5) is 12.0. The van der Waals surface area contributed by atoms with Crippen molar-refractivity contribution < 1.29 is 4.79 Å². The Morgan fingerprint density at radius 1 is 0.400 bits per heavy atom. The van der Waals surface area contributed by atoms with Crippen molar-refractivity contribution in [2.24, 2.45) is 0 Å². The van der Waals surface area contributed by atoms with Gasteiger partial charge in [-0.3, -0.25) is 4.79 Å².